The first-order valence-electron chi connectivity index (χ1n) is 9.66. The zero-order valence-corrected chi connectivity index (χ0v) is 20.2. The summed E-state index contributed by atoms with van der Waals surface area (Å²) in [5.41, 5.74) is 1.55. The van der Waals surface area contributed by atoms with Gasteiger partial charge in [0.15, 0.2) is 5.03 Å². The highest BCUT2D eigenvalue weighted by Crippen LogP contribution is 2.28. The van der Waals surface area contributed by atoms with Crippen LogP contribution in [0.4, 0.5) is 5.69 Å². The summed E-state index contributed by atoms with van der Waals surface area (Å²) in [6, 6.07) is 16.5. The molecule has 2 aromatic heterocycles. The summed E-state index contributed by atoms with van der Waals surface area (Å²) < 4.78 is 34.2. The molecule has 0 atom stereocenters. The highest BCUT2D eigenvalue weighted by molar-refractivity contribution is 9.10. The third-order valence-electron chi connectivity index (χ3n) is 4.88. The van der Waals surface area contributed by atoms with Gasteiger partial charge in [0.2, 0.25) is 0 Å². The lowest BCUT2D eigenvalue weighted by Gasteiger charge is -2.20. The molecule has 0 fully saturated rings. The van der Waals surface area contributed by atoms with Crippen molar-refractivity contribution in [1.29, 1.82) is 0 Å². The summed E-state index contributed by atoms with van der Waals surface area (Å²) >= 11 is 4.55. The number of likely N-dealkylation sites (N-methyl/N-ethyl adjacent to an activating group) is 1. The number of aromatic nitrogens is 2. The van der Waals surface area contributed by atoms with Crippen LogP contribution >= 0.6 is 27.5 Å². The van der Waals surface area contributed by atoms with Crippen LogP contribution in [0.3, 0.4) is 0 Å². The minimum atomic E-state index is -4.05. The van der Waals surface area contributed by atoms with Gasteiger partial charge >= 0.3 is 0 Å². The average molecular weight is 531 g/mol. The SMILES string of the molecule is CN(CCc1ccccc1)C(=O)c1ccc(Br)cc1NS(=O)(=O)c1nccc2sncc12. The monoisotopic (exact) mass is 530 g/mol. The number of halogens is 1. The Bertz CT molecular complexity index is 1370. The zero-order valence-electron chi connectivity index (χ0n) is 17.0. The smallest absolute Gasteiger partial charge is 0.280 e. The number of nitrogens with zero attached hydrogens (tertiary/aromatic N) is 3. The third kappa shape index (κ3) is 4.82. The summed E-state index contributed by atoms with van der Waals surface area (Å²) in [5.74, 6) is -0.283. The lowest BCUT2D eigenvalue weighted by Crippen LogP contribution is -2.30. The maximum Gasteiger partial charge on any atom is 0.280 e. The predicted octanol–water partition coefficient (Wildman–Crippen LogP) is 4.57. The Balaban J connectivity index is 1.60. The van der Waals surface area contributed by atoms with Crippen molar-refractivity contribution >= 4 is 59.2 Å². The van der Waals surface area contributed by atoms with Crippen LogP contribution in [-0.2, 0) is 16.4 Å². The molecule has 2 aromatic carbocycles. The number of nitrogens with one attached hydrogen (secondary N) is 1. The summed E-state index contributed by atoms with van der Waals surface area (Å²) in [7, 11) is -2.35. The molecule has 0 spiro atoms. The van der Waals surface area contributed by atoms with Gasteiger partial charge in [-0.1, -0.05) is 46.3 Å². The van der Waals surface area contributed by atoms with Crippen molar-refractivity contribution in [2.24, 2.45) is 0 Å². The first kappa shape index (κ1) is 22.4. The molecule has 0 saturated heterocycles. The van der Waals surface area contributed by atoms with Crippen molar-refractivity contribution in [2.45, 2.75) is 11.4 Å². The van der Waals surface area contributed by atoms with E-state index < -0.39 is 10.0 Å². The van der Waals surface area contributed by atoms with Gasteiger partial charge < -0.3 is 4.90 Å². The number of amides is 1. The summed E-state index contributed by atoms with van der Waals surface area (Å²) in [6.07, 6.45) is 3.60. The largest absolute Gasteiger partial charge is 0.341 e. The van der Waals surface area contributed by atoms with E-state index in [-0.39, 0.29) is 22.2 Å². The van der Waals surface area contributed by atoms with Crippen LogP contribution in [0.25, 0.3) is 10.1 Å². The van der Waals surface area contributed by atoms with Crippen LogP contribution in [0.5, 0.6) is 0 Å². The first-order chi connectivity index (χ1) is 15.3. The molecule has 0 aliphatic rings. The van der Waals surface area contributed by atoms with Gasteiger partial charge in [-0.15, -0.1) is 0 Å². The molecule has 0 radical (unpaired) electrons. The summed E-state index contributed by atoms with van der Waals surface area (Å²) in [6.45, 7) is 0.493. The number of hydrogen-bond acceptors (Lipinski definition) is 6. The lowest BCUT2D eigenvalue weighted by atomic mass is 10.1. The second-order valence-electron chi connectivity index (χ2n) is 7.11. The van der Waals surface area contributed by atoms with E-state index in [1.165, 1.54) is 23.9 Å². The van der Waals surface area contributed by atoms with Crippen molar-refractivity contribution in [3.8, 4) is 0 Å². The van der Waals surface area contributed by atoms with E-state index >= 15 is 0 Å². The molecule has 2 heterocycles. The van der Waals surface area contributed by atoms with Gasteiger partial charge in [-0.25, -0.2) is 4.98 Å². The van der Waals surface area contributed by atoms with Crippen LogP contribution in [0, 0.1) is 0 Å². The van der Waals surface area contributed by atoms with Crippen LogP contribution in [-0.4, -0.2) is 42.2 Å². The molecule has 0 saturated carbocycles. The van der Waals surface area contributed by atoms with Gasteiger partial charge in [-0.05, 0) is 47.8 Å². The summed E-state index contributed by atoms with van der Waals surface area (Å²) in [5, 5.41) is 0.312. The molecule has 1 N–H and O–H groups in total. The molecular formula is C22H19BrN4O3S2. The Morgan fingerprint density at radius 3 is 2.72 bits per heavy atom. The molecule has 10 heteroatoms. The zero-order chi connectivity index (χ0) is 22.7. The molecule has 4 aromatic rings. The van der Waals surface area contributed by atoms with Crippen molar-refractivity contribution in [1.82, 2.24) is 14.3 Å². The first-order valence-corrected chi connectivity index (χ1v) is 12.7. The van der Waals surface area contributed by atoms with Crippen LogP contribution in [0.2, 0.25) is 0 Å². The maximum absolute atomic E-state index is 13.1. The number of hydrogen-bond donors (Lipinski definition) is 1. The fourth-order valence-corrected chi connectivity index (χ4v) is 5.49. The number of benzene rings is 2. The number of pyridine rings is 1. The molecule has 0 bridgehead atoms. The second-order valence-corrected chi connectivity index (χ2v) is 10.5. The molecule has 0 aliphatic carbocycles. The molecule has 164 valence electrons. The average Bonchev–Trinajstić information content (AvgIpc) is 3.26. The van der Waals surface area contributed by atoms with E-state index in [1.54, 1.807) is 36.2 Å². The van der Waals surface area contributed by atoms with E-state index in [4.69, 9.17) is 0 Å². The number of carbonyl (C=O) groups is 1. The standard InChI is InChI=1S/C22H19BrN4O3S2/c1-27(12-10-15-5-3-2-4-6-15)22(28)17-8-7-16(23)13-19(17)26-32(29,30)21-18-14-25-31-20(18)9-11-24-21/h2-9,11,13-14,26H,10,12H2,1H3. The Labute approximate surface area is 198 Å². The van der Waals surface area contributed by atoms with Gasteiger partial charge in [0.1, 0.15) is 0 Å². The van der Waals surface area contributed by atoms with Crippen molar-refractivity contribution in [2.75, 3.05) is 18.3 Å². The fraction of sp³-hybridized carbons (Fsp3) is 0.136. The minimum absolute atomic E-state index is 0.125. The Hall–Kier alpha value is -2.82. The van der Waals surface area contributed by atoms with Gasteiger partial charge in [0, 0.05) is 24.3 Å². The predicted molar refractivity (Wildman–Crippen MR) is 129 cm³/mol. The van der Waals surface area contributed by atoms with E-state index in [2.05, 4.69) is 30.0 Å². The Kier molecular flexibility index (Phi) is 6.54. The molecule has 0 unspecified atom stereocenters. The quantitative estimate of drug-likeness (QED) is 0.377. The third-order valence-corrected chi connectivity index (χ3v) is 7.46. The highest BCUT2D eigenvalue weighted by Gasteiger charge is 2.24. The van der Waals surface area contributed by atoms with Crippen molar-refractivity contribution < 1.29 is 13.2 Å². The molecular weight excluding hydrogens is 512 g/mol. The number of rotatable bonds is 7. The summed E-state index contributed by atoms with van der Waals surface area (Å²) in [4.78, 5) is 18.8. The Morgan fingerprint density at radius 2 is 1.94 bits per heavy atom. The van der Waals surface area contributed by atoms with Gasteiger partial charge in [0.05, 0.1) is 27.5 Å². The fourth-order valence-electron chi connectivity index (χ4n) is 3.21. The molecule has 4 rings (SSSR count). The van der Waals surface area contributed by atoms with E-state index in [0.717, 1.165) is 5.56 Å². The minimum Gasteiger partial charge on any atom is -0.341 e. The number of sulfonamides is 1. The molecule has 0 aliphatic heterocycles. The van der Waals surface area contributed by atoms with Gasteiger partial charge in [-0.3, -0.25) is 9.52 Å². The van der Waals surface area contributed by atoms with Crippen molar-refractivity contribution in [3.63, 3.8) is 0 Å². The van der Waals surface area contributed by atoms with Crippen molar-refractivity contribution in [3.05, 3.63) is 82.6 Å². The maximum atomic E-state index is 13.1. The van der Waals surface area contributed by atoms with Gasteiger partial charge in [0.25, 0.3) is 15.9 Å². The van der Waals surface area contributed by atoms with Crippen LogP contribution < -0.4 is 4.72 Å². The molecule has 32 heavy (non-hydrogen) atoms. The number of fused-ring (bicyclic) bond motifs is 1. The number of carbonyl (C=O) groups excluding carboxylic acids is 1. The topological polar surface area (TPSA) is 92.3 Å². The van der Waals surface area contributed by atoms with Crippen LogP contribution in [0.15, 0.2) is 76.5 Å². The Morgan fingerprint density at radius 1 is 1.16 bits per heavy atom. The normalized spacial score (nSPS) is 11.4. The molecule has 7 nitrogen and oxygen atoms in total. The van der Waals surface area contributed by atoms with E-state index in [0.29, 0.717) is 27.5 Å². The van der Waals surface area contributed by atoms with E-state index in [1.807, 2.05) is 30.3 Å². The van der Waals surface area contributed by atoms with Crippen LogP contribution in [0.1, 0.15) is 15.9 Å². The number of anilines is 1. The lowest BCUT2D eigenvalue weighted by molar-refractivity contribution is 0.0797. The highest BCUT2D eigenvalue weighted by atomic mass is 79.9. The van der Waals surface area contributed by atoms with Gasteiger partial charge in [-0.2, -0.15) is 12.8 Å². The second kappa shape index (κ2) is 9.35. The van der Waals surface area contributed by atoms with E-state index in [9.17, 15) is 13.2 Å². The molecule has 1 amide bonds.